The third-order valence-corrected chi connectivity index (χ3v) is 12.2. The minimum Gasteiger partial charge on any atom is -0.481 e. The molecule has 0 unspecified atom stereocenters. The fourth-order valence-electron chi connectivity index (χ4n) is 7.93. The van der Waals surface area contributed by atoms with Crippen molar-refractivity contribution in [2.75, 3.05) is 0 Å². The van der Waals surface area contributed by atoms with Gasteiger partial charge >= 0.3 is 11.9 Å². The number of carboxylic acids is 1. The zero-order valence-electron chi connectivity index (χ0n) is 38.1. The fraction of sp³-hybridized carbons (Fsp3) is 0.688. The van der Waals surface area contributed by atoms with Gasteiger partial charge in [-0.25, -0.2) is 0 Å². The molecule has 370 valence electrons. The zero-order chi connectivity index (χ0) is 48.8. The van der Waals surface area contributed by atoms with Crippen molar-refractivity contribution in [1.82, 2.24) is 0 Å². The van der Waals surface area contributed by atoms with Gasteiger partial charge < -0.3 is 71.4 Å². The molecule has 18 atom stereocenters. The molecule has 17 nitrogen and oxygen atoms in total. The molecule has 0 aromatic heterocycles. The van der Waals surface area contributed by atoms with E-state index in [1.807, 2.05) is 49.5 Å². The number of hydrogen-bond acceptors (Lipinski definition) is 16. The first kappa shape index (κ1) is 57.7. The van der Waals surface area contributed by atoms with Crippen LogP contribution in [-0.2, 0) is 23.9 Å². The summed E-state index contributed by atoms with van der Waals surface area (Å²) in [5.74, 6) is -6.13. The van der Waals surface area contributed by atoms with Crippen molar-refractivity contribution in [3.63, 3.8) is 0 Å². The fourth-order valence-corrected chi connectivity index (χ4v) is 7.93. The Morgan fingerprint density at radius 1 is 0.615 bits per heavy atom. The number of carbonyl (C=O) groups is 3. The number of ketones is 1. The molecule has 0 aromatic rings. The molecule has 1 aliphatic heterocycles. The molecule has 1 fully saturated rings. The van der Waals surface area contributed by atoms with Gasteiger partial charge in [-0.1, -0.05) is 93.7 Å². The Labute approximate surface area is 383 Å². The number of aliphatic hydroxyl groups excluding tert-OH is 10. The van der Waals surface area contributed by atoms with Gasteiger partial charge in [-0.3, -0.25) is 14.4 Å². The molecule has 13 N–H and O–H groups in total. The molecule has 0 bridgehead atoms. The Kier molecular flexibility index (Phi) is 26.7. The lowest BCUT2D eigenvalue weighted by Gasteiger charge is -2.41. The van der Waals surface area contributed by atoms with Crippen LogP contribution in [0.1, 0.15) is 98.3 Å². The van der Waals surface area contributed by atoms with E-state index in [0.29, 0.717) is 0 Å². The number of cyclic esters (lactones) is 1. The summed E-state index contributed by atoms with van der Waals surface area (Å²) < 4.78 is 11.6. The molecule has 0 saturated heterocycles. The van der Waals surface area contributed by atoms with Crippen LogP contribution in [-0.4, -0.2) is 159 Å². The molecule has 17 heteroatoms. The van der Waals surface area contributed by atoms with E-state index in [-0.39, 0.29) is 43.9 Å². The van der Waals surface area contributed by atoms with Gasteiger partial charge in [-0.15, -0.1) is 0 Å². The molecular weight excluding hydrogens is 847 g/mol. The van der Waals surface area contributed by atoms with E-state index >= 15 is 0 Å². The molecule has 0 amide bonds. The lowest BCUT2D eigenvalue weighted by molar-refractivity contribution is -0.157. The first-order valence-electron chi connectivity index (χ1n) is 22.8. The highest BCUT2D eigenvalue weighted by atomic mass is 16.5. The first-order chi connectivity index (χ1) is 30.6. The maximum atomic E-state index is 12.9. The highest BCUT2D eigenvalue weighted by Crippen LogP contribution is 2.30. The monoisotopic (exact) mass is 924 g/mol. The van der Waals surface area contributed by atoms with E-state index in [4.69, 9.17) is 15.2 Å². The predicted molar refractivity (Wildman–Crippen MR) is 242 cm³/mol. The largest absolute Gasteiger partial charge is 0.481 e. The molecule has 0 radical (unpaired) electrons. The molecule has 65 heavy (non-hydrogen) atoms. The Morgan fingerprint density at radius 2 is 1.18 bits per heavy atom. The third-order valence-electron chi connectivity index (χ3n) is 12.2. The Morgan fingerprint density at radius 3 is 1.83 bits per heavy atom. The number of Topliss-reactive ketones (excluding diaryl/α,β-unsaturated/α-hetero) is 1. The molecule has 0 spiro atoms. The van der Waals surface area contributed by atoms with Crippen molar-refractivity contribution in [1.29, 1.82) is 0 Å². The summed E-state index contributed by atoms with van der Waals surface area (Å²) in [6, 6.07) is -1.03. The van der Waals surface area contributed by atoms with Gasteiger partial charge in [0.05, 0.1) is 85.7 Å². The highest BCUT2D eigenvalue weighted by Gasteiger charge is 2.42. The lowest BCUT2D eigenvalue weighted by atomic mass is 9.80. The van der Waals surface area contributed by atoms with Crippen LogP contribution in [0.2, 0.25) is 0 Å². The number of hydrogen-bond donors (Lipinski definition) is 12. The van der Waals surface area contributed by atoms with E-state index in [1.165, 1.54) is 6.08 Å². The van der Waals surface area contributed by atoms with E-state index < -0.39 is 141 Å². The summed E-state index contributed by atoms with van der Waals surface area (Å²) in [6.45, 7) is 6.97. The number of esters is 1. The number of allylic oxidation sites excluding steroid dienone is 10. The topological polar surface area (TPSA) is 318 Å². The van der Waals surface area contributed by atoms with Crippen LogP contribution in [0.4, 0.5) is 0 Å². The van der Waals surface area contributed by atoms with Crippen LogP contribution in [0.15, 0.2) is 72.9 Å². The summed E-state index contributed by atoms with van der Waals surface area (Å²) in [5, 5.41) is 117. The van der Waals surface area contributed by atoms with Crippen molar-refractivity contribution in [2.45, 2.75) is 184 Å². The summed E-state index contributed by atoms with van der Waals surface area (Å²) in [7, 11) is 0. The number of nitrogens with two attached hydrogens (primary N) is 1. The number of aliphatic carboxylic acids is 1. The van der Waals surface area contributed by atoms with Gasteiger partial charge in [0.15, 0.2) is 0 Å². The zero-order valence-corrected chi connectivity index (χ0v) is 38.1. The smallest absolute Gasteiger partial charge is 0.311 e. The summed E-state index contributed by atoms with van der Waals surface area (Å²) in [5.41, 5.74) is 6.04. The molecule has 1 aliphatic carbocycles. The van der Waals surface area contributed by atoms with Crippen LogP contribution >= 0.6 is 0 Å². The van der Waals surface area contributed by atoms with Crippen LogP contribution in [0, 0.1) is 23.7 Å². The SMILES string of the molecule is C[C@H]1[C@@H](O)[C@H](C)/C=C/C=C/CC/C=C/C=C/C=C/C=C/[C@H](O[C@H]2C[C@@H](C)[C@H](O)[C@@H](N)[C@H]2O)C[C@H](O)[C@H](C(=O)O)[C@H](O)CC(=O)C[C@H](O)[C@H](O)CC[C@H](O)C[C@H](O)C[C@H](O)CC(=O)O[C@@H]1C. The second-order valence-corrected chi connectivity index (χ2v) is 17.9. The van der Waals surface area contributed by atoms with E-state index in [0.717, 1.165) is 12.8 Å². The molecule has 2 rings (SSSR count). The van der Waals surface area contributed by atoms with Crippen molar-refractivity contribution >= 4 is 17.7 Å². The Hall–Kier alpha value is -3.43. The second-order valence-electron chi connectivity index (χ2n) is 17.9. The molecule has 1 saturated carbocycles. The lowest BCUT2D eigenvalue weighted by Crippen LogP contribution is -2.58. The van der Waals surface area contributed by atoms with Gasteiger partial charge in [-0.2, -0.15) is 0 Å². The number of rotatable bonds is 3. The molecular formula is C48H77NO16. The molecule has 2 aliphatic rings. The van der Waals surface area contributed by atoms with E-state index in [2.05, 4.69) is 0 Å². The predicted octanol–water partition coefficient (Wildman–Crippen LogP) is 1.44. The van der Waals surface area contributed by atoms with E-state index in [1.54, 1.807) is 45.1 Å². The standard InChI is InChI=1S/C48H77NO16/c1-28-17-15-13-11-9-7-5-6-8-10-12-14-16-18-36(65-41-21-29(2)46(60)44(49)47(41)61)27-40(57)43(48(62)63)39(56)25-35(53)24-38(55)37(54)20-19-32(50)22-33(51)23-34(52)26-42(58)64-31(4)30(3)45(28)59/h5-6,8,10-18,28-34,36-41,43-47,50-52,54-57,59-61H,7,9,19-27,49H2,1-4H3,(H,62,63)/b6-5+,10-8+,13-11+,14-12+,17-15+,18-16+/t28-,29-,30-,31-,32+,33+,34+,36+,37-,38+,39-,40+,41+,43-,44-,45+,46+,47+/m1/s1. The normalized spacial score (nSPS) is 42.5. The van der Waals surface area contributed by atoms with Crippen molar-refractivity contribution in [3.8, 4) is 0 Å². The second kappa shape index (κ2) is 30.1. The van der Waals surface area contributed by atoms with Crippen LogP contribution in [0.5, 0.6) is 0 Å². The third kappa shape index (κ3) is 21.4. The van der Waals surface area contributed by atoms with Crippen molar-refractivity contribution in [2.24, 2.45) is 29.4 Å². The van der Waals surface area contributed by atoms with Crippen LogP contribution in [0.3, 0.4) is 0 Å². The van der Waals surface area contributed by atoms with Gasteiger partial charge in [-0.05, 0) is 57.8 Å². The van der Waals surface area contributed by atoms with Crippen molar-refractivity contribution < 1.29 is 80.0 Å². The minimum atomic E-state index is -1.92. The van der Waals surface area contributed by atoms with Gasteiger partial charge in [0.2, 0.25) is 0 Å². The summed E-state index contributed by atoms with van der Waals surface area (Å²) >= 11 is 0. The first-order valence-corrected chi connectivity index (χ1v) is 22.8. The average Bonchev–Trinajstić information content (AvgIpc) is 3.22. The molecule has 1 heterocycles. The Bertz CT molecular complexity index is 1600. The number of carboxylic acid groups (broad SMARTS) is 1. The van der Waals surface area contributed by atoms with Gasteiger partial charge in [0.25, 0.3) is 0 Å². The minimum absolute atomic E-state index is 0.135. The van der Waals surface area contributed by atoms with Crippen LogP contribution < -0.4 is 5.73 Å². The quantitative estimate of drug-likeness (QED) is 0.178. The molecule has 0 aromatic carbocycles. The number of carbonyl (C=O) groups excluding carboxylic acids is 2. The van der Waals surface area contributed by atoms with Crippen molar-refractivity contribution in [3.05, 3.63) is 72.9 Å². The number of aliphatic hydroxyl groups is 10. The Balaban J connectivity index is 2.26. The average molecular weight is 924 g/mol. The number of ether oxygens (including phenoxy) is 2. The van der Waals surface area contributed by atoms with Crippen LogP contribution in [0.25, 0.3) is 0 Å². The highest BCUT2D eigenvalue weighted by molar-refractivity contribution is 5.81. The summed E-state index contributed by atoms with van der Waals surface area (Å²) in [6.07, 6.45) is 3.60. The van der Waals surface area contributed by atoms with Gasteiger partial charge in [0, 0.05) is 31.1 Å². The maximum Gasteiger partial charge on any atom is 0.311 e. The maximum absolute atomic E-state index is 12.9. The van der Waals surface area contributed by atoms with Gasteiger partial charge in [0.1, 0.15) is 17.8 Å². The van der Waals surface area contributed by atoms with E-state index in [9.17, 15) is 70.6 Å². The summed E-state index contributed by atoms with van der Waals surface area (Å²) in [4.78, 5) is 37.8.